The number of benzene rings is 3. The number of thioether (sulfide) groups is 1. The minimum atomic E-state index is -0.431. The molecule has 0 unspecified atom stereocenters. The number of aromatic hydroxyl groups is 2. The number of phenols is 2. The van der Waals surface area contributed by atoms with Gasteiger partial charge in [0.1, 0.15) is 17.3 Å². The van der Waals surface area contributed by atoms with Gasteiger partial charge in [0.2, 0.25) is 11.1 Å². The van der Waals surface area contributed by atoms with Gasteiger partial charge in [0.15, 0.2) is 11.5 Å². The summed E-state index contributed by atoms with van der Waals surface area (Å²) in [5, 5.41) is 24.0. The molecule has 1 aromatic heterocycles. The number of hydrogen-bond acceptors (Lipinski definition) is 10. The van der Waals surface area contributed by atoms with Crippen LogP contribution in [0.15, 0.2) is 78.3 Å². The maximum absolute atomic E-state index is 14.2. The Morgan fingerprint density at radius 1 is 1.12 bits per heavy atom. The maximum Gasteiger partial charge on any atom is 0.330 e. The van der Waals surface area contributed by atoms with Crippen molar-refractivity contribution in [3.8, 4) is 23.0 Å². The molecule has 220 valence electrons. The van der Waals surface area contributed by atoms with Crippen LogP contribution in [0.5, 0.6) is 23.0 Å². The first-order chi connectivity index (χ1) is 20.7. The topological polar surface area (TPSA) is 137 Å². The van der Waals surface area contributed by atoms with Gasteiger partial charge < -0.3 is 25.0 Å². The molecule has 0 radical (unpaired) electrons. The van der Waals surface area contributed by atoms with Crippen molar-refractivity contribution < 1.29 is 29.3 Å². The number of anilines is 4. The largest absolute Gasteiger partial charge is 0.508 e. The van der Waals surface area contributed by atoms with Crippen LogP contribution in [0.2, 0.25) is 0 Å². The van der Waals surface area contributed by atoms with E-state index in [0.717, 1.165) is 17.3 Å². The number of fused-ring (bicyclic) bond motifs is 1. The summed E-state index contributed by atoms with van der Waals surface area (Å²) in [6, 6.07) is 15.1. The minimum absolute atomic E-state index is 0.0173. The lowest BCUT2D eigenvalue weighted by Gasteiger charge is -2.37. The fourth-order valence-corrected chi connectivity index (χ4v) is 5.40. The number of methoxy groups -OCH3 is 2. The third-order valence-electron chi connectivity index (χ3n) is 6.81. The van der Waals surface area contributed by atoms with E-state index < -0.39 is 6.03 Å². The molecule has 2 amide bonds. The van der Waals surface area contributed by atoms with Gasteiger partial charge in [-0.25, -0.2) is 9.78 Å². The number of rotatable bonds is 9. The molecule has 0 saturated carbocycles. The van der Waals surface area contributed by atoms with E-state index in [0.29, 0.717) is 33.3 Å². The molecule has 4 aromatic rings. The van der Waals surface area contributed by atoms with E-state index >= 15 is 0 Å². The summed E-state index contributed by atoms with van der Waals surface area (Å²) in [4.78, 5) is 38.9. The van der Waals surface area contributed by atoms with Crippen LogP contribution < -0.4 is 24.6 Å². The number of urea groups is 1. The van der Waals surface area contributed by atoms with E-state index in [4.69, 9.17) is 14.5 Å². The Morgan fingerprint density at radius 3 is 2.56 bits per heavy atom. The summed E-state index contributed by atoms with van der Waals surface area (Å²) in [7, 11) is 2.93. The third-order valence-corrected chi connectivity index (χ3v) is 7.76. The second-order valence-corrected chi connectivity index (χ2v) is 10.6. The molecule has 3 aromatic carbocycles. The van der Waals surface area contributed by atoms with Crippen LogP contribution >= 0.6 is 11.8 Å². The first-order valence-corrected chi connectivity index (χ1v) is 13.9. The molecule has 0 spiro atoms. The van der Waals surface area contributed by atoms with Crippen LogP contribution in [-0.2, 0) is 17.9 Å². The van der Waals surface area contributed by atoms with Crippen LogP contribution in [0.4, 0.5) is 27.9 Å². The Labute approximate surface area is 252 Å². The van der Waals surface area contributed by atoms with E-state index in [1.54, 1.807) is 25.3 Å². The van der Waals surface area contributed by atoms with Crippen molar-refractivity contribution in [2.24, 2.45) is 0 Å². The lowest BCUT2D eigenvalue weighted by molar-refractivity contribution is -0.107. The zero-order valence-corrected chi connectivity index (χ0v) is 24.5. The number of nitrogens with zero attached hydrogens (tertiary/aromatic N) is 4. The molecular weight excluding hydrogens is 570 g/mol. The standard InChI is InChI=1S/C31H29N5O6S/c1-5-26(38)43-25-12-11-21(37)13-22(25)33-30-32-15-20-17-35(27-18(2)23(41-3)14-24(42-4)28(27)39)31(40)36(29(20)34-30)16-19-9-7-6-8-10-19/h5-15,37,39H,1,16-17H2,2-4H3,(H,32,33,34). The summed E-state index contributed by atoms with van der Waals surface area (Å²) in [6.07, 6.45) is 2.79. The number of carbonyl (C=O) groups is 2. The monoisotopic (exact) mass is 599 g/mol. The van der Waals surface area contributed by atoms with Gasteiger partial charge in [-0.05, 0) is 42.5 Å². The van der Waals surface area contributed by atoms with Crippen molar-refractivity contribution in [2.75, 3.05) is 29.3 Å². The van der Waals surface area contributed by atoms with Crippen LogP contribution in [-0.4, -0.2) is 45.5 Å². The third kappa shape index (κ3) is 5.90. The number of amides is 2. The highest BCUT2D eigenvalue weighted by Gasteiger charge is 2.36. The smallest absolute Gasteiger partial charge is 0.330 e. The van der Waals surface area contributed by atoms with Gasteiger partial charge in [0.25, 0.3) is 0 Å². The molecule has 43 heavy (non-hydrogen) atoms. The van der Waals surface area contributed by atoms with Gasteiger partial charge in [-0.1, -0.05) is 36.9 Å². The SMILES string of the molecule is C=CC(=O)Sc1ccc(O)cc1Nc1ncc2c(n1)N(Cc1ccccc1)C(=O)N(c1c(C)c(OC)cc(OC)c1O)C2. The Bertz CT molecular complexity index is 1690. The number of nitrogens with one attached hydrogen (secondary N) is 1. The summed E-state index contributed by atoms with van der Waals surface area (Å²) >= 11 is 0.935. The van der Waals surface area contributed by atoms with Crippen LogP contribution in [0.3, 0.4) is 0 Å². The van der Waals surface area contributed by atoms with Crippen molar-refractivity contribution in [1.82, 2.24) is 9.97 Å². The minimum Gasteiger partial charge on any atom is -0.508 e. The Hall–Kier alpha value is -5.23. The maximum atomic E-state index is 14.2. The number of carbonyl (C=O) groups excluding carboxylic acids is 2. The summed E-state index contributed by atoms with van der Waals surface area (Å²) in [5.74, 6) is 0.917. The zero-order valence-electron chi connectivity index (χ0n) is 23.7. The molecule has 5 rings (SSSR count). The molecule has 1 aliphatic rings. The fraction of sp³-hybridized carbons (Fsp3) is 0.161. The van der Waals surface area contributed by atoms with Gasteiger partial charge in [0.05, 0.1) is 38.7 Å². The molecule has 2 heterocycles. The fourth-order valence-electron chi connectivity index (χ4n) is 4.74. The molecule has 3 N–H and O–H groups in total. The van der Waals surface area contributed by atoms with Crippen molar-refractivity contribution in [2.45, 2.75) is 24.9 Å². The number of aromatic nitrogens is 2. The predicted octanol–water partition coefficient (Wildman–Crippen LogP) is 5.91. The normalized spacial score (nSPS) is 12.5. The van der Waals surface area contributed by atoms with Gasteiger partial charge in [-0.2, -0.15) is 4.98 Å². The second-order valence-electron chi connectivity index (χ2n) is 9.52. The molecule has 12 heteroatoms. The van der Waals surface area contributed by atoms with Crippen molar-refractivity contribution in [1.29, 1.82) is 0 Å². The van der Waals surface area contributed by atoms with Crippen LogP contribution in [0, 0.1) is 6.92 Å². The highest BCUT2D eigenvalue weighted by molar-refractivity contribution is 8.14. The highest BCUT2D eigenvalue weighted by Crippen LogP contribution is 2.46. The first-order valence-electron chi connectivity index (χ1n) is 13.1. The molecule has 1 aliphatic heterocycles. The summed E-state index contributed by atoms with van der Waals surface area (Å²) in [5.41, 5.74) is 2.69. The van der Waals surface area contributed by atoms with Gasteiger partial charge in [0, 0.05) is 34.4 Å². The van der Waals surface area contributed by atoms with Crippen molar-refractivity contribution in [3.63, 3.8) is 0 Å². The second kappa shape index (κ2) is 12.3. The Kier molecular flexibility index (Phi) is 8.39. The number of hydrogen-bond donors (Lipinski definition) is 3. The van der Waals surface area contributed by atoms with E-state index in [1.807, 2.05) is 30.3 Å². The molecule has 0 saturated heterocycles. The first kappa shape index (κ1) is 29.3. The quantitative estimate of drug-likeness (QED) is 0.157. The van der Waals surface area contributed by atoms with Gasteiger partial charge in [-0.15, -0.1) is 0 Å². The van der Waals surface area contributed by atoms with Crippen LogP contribution in [0.25, 0.3) is 0 Å². The molecule has 0 atom stereocenters. The molecular formula is C31H29N5O6S. The molecule has 0 aliphatic carbocycles. The van der Waals surface area contributed by atoms with Crippen molar-refractivity contribution in [3.05, 3.63) is 90.1 Å². The van der Waals surface area contributed by atoms with E-state index in [1.165, 1.54) is 42.2 Å². The van der Waals surface area contributed by atoms with Gasteiger partial charge in [-0.3, -0.25) is 14.6 Å². The molecule has 11 nitrogen and oxygen atoms in total. The Morgan fingerprint density at radius 2 is 1.86 bits per heavy atom. The Balaban J connectivity index is 1.59. The lowest BCUT2D eigenvalue weighted by atomic mass is 10.1. The van der Waals surface area contributed by atoms with Crippen molar-refractivity contribution >= 4 is 46.0 Å². The lowest BCUT2D eigenvalue weighted by Crippen LogP contribution is -2.48. The van der Waals surface area contributed by atoms with Gasteiger partial charge >= 0.3 is 6.03 Å². The van der Waals surface area contributed by atoms with E-state index in [9.17, 15) is 19.8 Å². The zero-order chi connectivity index (χ0) is 30.7. The summed E-state index contributed by atoms with van der Waals surface area (Å²) < 4.78 is 10.9. The van der Waals surface area contributed by atoms with E-state index in [2.05, 4.69) is 16.9 Å². The number of phenolic OH excluding ortho intramolecular Hbond substituents is 2. The summed E-state index contributed by atoms with van der Waals surface area (Å²) in [6.45, 7) is 5.50. The highest BCUT2D eigenvalue weighted by atomic mass is 32.2. The predicted molar refractivity (Wildman–Crippen MR) is 165 cm³/mol. The number of ether oxygens (including phenoxy) is 2. The average Bonchev–Trinajstić information content (AvgIpc) is 3.01. The van der Waals surface area contributed by atoms with E-state index in [-0.39, 0.29) is 47.1 Å². The molecule has 0 bridgehead atoms. The molecule has 0 fully saturated rings. The average molecular weight is 600 g/mol. The van der Waals surface area contributed by atoms with Crippen LogP contribution in [0.1, 0.15) is 16.7 Å².